The van der Waals surface area contributed by atoms with E-state index in [2.05, 4.69) is 57.8 Å². The lowest BCUT2D eigenvalue weighted by Crippen LogP contribution is -2.23. The summed E-state index contributed by atoms with van der Waals surface area (Å²) in [7, 11) is 0. The highest BCUT2D eigenvalue weighted by molar-refractivity contribution is 9.10. The molecule has 0 fully saturated rings. The molecule has 20 heavy (non-hydrogen) atoms. The summed E-state index contributed by atoms with van der Waals surface area (Å²) in [5.74, 6) is 1.01. The van der Waals surface area contributed by atoms with Gasteiger partial charge in [0.25, 0.3) is 0 Å². The van der Waals surface area contributed by atoms with Crippen molar-refractivity contribution in [3.05, 3.63) is 52.5 Å². The van der Waals surface area contributed by atoms with Crippen molar-refractivity contribution in [2.75, 3.05) is 18.1 Å². The first-order chi connectivity index (χ1) is 9.74. The number of fused-ring (bicyclic) bond motifs is 1. The molecule has 3 rings (SSSR count). The van der Waals surface area contributed by atoms with E-state index in [4.69, 9.17) is 4.74 Å². The minimum atomic E-state index is 0.208. The van der Waals surface area contributed by atoms with Crippen LogP contribution in [0.2, 0.25) is 0 Å². The number of halogens is 1. The zero-order valence-electron chi connectivity index (χ0n) is 11.2. The Labute approximate surface area is 132 Å². The maximum Gasteiger partial charge on any atom is 0.123 e. The van der Waals surface area contributed by atoms with E-state index < -0.39 is 0 Å². The fraction of sp³-hybridized carbons (Fsp3) is 0.250. The molecule has 0 amide bonds. The van der Waals surface area contributed by atoms with Gasteiger partial charge in [-0.1, -0.05) is 15.9 Å². The number of nitrogens with one attached hydrogen (secondary N) is 1. The highest BCUT2D eigenvalue weighted by Gasteiger charge is 2.22. The summed E-state index contributed by atoms with van der Waals surface area (Å²) in [6.45, 7) is 0.824. The van der Waals surface area contributed by atoms with Gasteiger partial charge in [0, 0.05) is 21.5 Å². The zero-order chi connectivity index (χ0) is 13.9. The van der Waals surface area contributed by atoms with E-state index in [9.17, 15) is 0 Å². The van der Waals surface area contributed by atoms with E-state index in [0.717, 1.165) is 28.9 Å². The minimum Gasteiger partial charge on any atom is -0.488 e. The van der Waals surface area contributed by atoms with Gasteiger partial charge >= 0.3 is 0 Å². The van der Waals surface area contributed by atoms with Gasteiger partial charge in [-0.3, -0.25) is 0 Å². The molecule has 1 unspecified atom stereocenters. The van der Waals surface area contributed by atoms with Crippen molar-refractivity contribution < 1.29 is 4.74 Å². The third-order valence-electron chi connectivity index (χ3n) is 3.39. The summed E-state index contributed by atoms with van der Waals surface area (Å²) < 4.78 is 7.05. The minimum absolute atomic E-state index is 0.208. The van der Waals surface area contributed by atoms with Gasteiger partial charge in [-0.2, -0.15) is 0 Å². The van der Waals surface area contributed by atoms with Crippen LogP contribution in [0.4, 0.5) is 5.69 Å². The van der Waals surface area contributed by atoms with Gasteiger partial charge in [0.2, 0.25) is 0 Å². The predicted molar refractivity (Wildman–Crippen MR) is 89.0 cm³/mol. The molecular weight excluding hydrogens is 334 g/mol. The van der Waals surface area contributed by atoms with Crippen molar-refractivity contribution in [3.63, 3.8) is 0 Å². The van der Waals surface area contributed by atoms with Crippen LogP contribution in [-0.4, -0.2) is 18.9 Å². The first-order valence-corrected chi connectivity index (χ1v) is 8.59. The normalized spacial score (nSPS) is 16.6. The molecule has 1 aliphatic rings. The molecule has 0 spiro atoms. The molecule has 1 atom stereocenters. The molecule has 2 aromatic carbocycles. The summed E-state index contributed by atoms with van der Waals surface area (Å²) in [5.41, 5.74) is 2.42. The quantitative estimate of drug-likeness (QED) is 0.815. The SMILES string of the molecule is CSc1ccc(NCC2Cc3cc(Br)ccc3O2)cc1. The van der Waals surface area contributed by atoms with Gasteiger partial charge < -0.3 is 10.1 Å². The Morgan fingerprint density at radius 3 is 2.80 bits per heavy atom. The summed E-state index contributed by atoms with van der Waals surface area (Å²) in [6.07, 6.45) is 3.26. The van der Waals surface area contributed by atoms with Crippen molar-refractivity contribution in [3.8, 4) is 5.75 Å². The van der Waals surface area contributed by atoms with Crippen LogP contribution in [0.5, 0.6) is 5.75 Å². The van der Waals surface area contributed by atoms with Crippen LogP contribution < -0.4 is 10.1 Å². The van der Waals surface area contributed by atoms with E-state index in [1.807, 2.05) is 12.1 Å². The lowest BCUT2D eigenvalue weighted by atomic mass is 10.1. The number of rotatable bonds is 4. The highest BCUT2D eigenvalue weighted by atomic mass is 79.9. The van der Waals surface area contributed by atoms with E-state index in [1.54, 1.807) is 11.8 Å². The van der Waals surface area contributed by atoms with E-state index in [0.29, 0.717) is 0 Å². The molecule has 0 aliphatic carbocycles. The Kier molecular flexibility index (Phi) is 4.22. The Balaban J connectivity index is 1.58. The number of hydrogen-bond donors (Lipinski definition) is 1. The molecule has 1 aliphatic heterocycles. The fourth-order valence-corrected chi connectivity index (χ4v) is 3.16. The van der Waals surface area contributed by atoms with E-state index >= 15 is 0 Å². The van der Waals surface area contributed by atoms with Crippen LogP contribution in [-0.2, 0) is 6.42 Å². The second kappa shape index (κ2) is 6.10. The van der Waals surface area contributed by atoms with Crippen LogP contribution in [0, 0.1) is 0 Å². The summed E-state index contributed by atoms with van der Waals surface area (Å²) in [6, 6.07) is 14.7. The largest absolute Gasteiger partial charge is 0.488 e. The first kappa shape index (κ1) is 13.8. The van der Waals surface area contributed by atoms with Crippen LogP contribution in [0.3, 0.4) is 0 Å². The summed E-state index contributed by atoms with van der Waals surface area (Å²) in [5, 5.41) is 3.44. The molecule has 4 heteroatoms. The van der Waals surface area contributed by atoms with E-state index in [1.165, 1.54) is 10.5 Å². The van der Waals surface area contributed by atoms with Crippen LogP contribution in [0.15, 0.2) is 51.8 Å². The Morgan fingerprint density at radius 2 is 2.05 bits per heavy atom. The van der Waals surface area contributed by atoms with E-state index in [-0.39, 0.29) is 6.10 Å². The smallest absolute Gasteiger partial charge is 0.123 e. The highest BCUT2D eigenvalue weighted by Crippen LogP contribution is 2.31. The Morgan fingerprint density at radius 1 is 1.25 bits per heavy atom. The third kappa shape index (κ3) is 3.13. The van der Waals surface area contributed by atoms with Crippen molar-refractivity contribution in [1.82, 2.24) is 0 Å². The number of anilines is 1. The molecule has 1 heterocycles. The molecule has 0 bridgehead atoms. The fourth-order valence-electron chi connectivity index (χ4n) is 2.34. The first-order valence-electron chi connectivity index (χ1n) is 6.57. The molecule has 0 saturated carbocycles. The van der Waals surface area contributed by atoms with Gasteiger partial charge in [0.15, 0.2) is 0 Å². The average molecular weight is 350 g/mol. The van der Waals surface area contributed by atoms with Gasteiger partial charge in [0.1, 0.15) is 11.9 Å². The molecule has 0 aromatic heterocycles. The zero-order valence-corrected chi connectivity index (χ0v) is 13.6. The predicted octanol–water partition coefficient (Wildman–Crippen LogP) is 4.59. The Hall–Kier alpha value is -1.13. The number of ether oxygens (including phenoxy) is 1. The number of hydrogen-bond acceptors (Lipinski definition) is 3. The number of benzene rings is 2. The molecule has 1 N–H and O–H groups in total. The summed E-state index contributed by atoms with van der Waals surface area (Å²) >= 11 is 5.26. The van der Waals surface area contributed by atoms with Gasteiger partial charge in [-0.15, -0.1) is 11.8 Å². The monoisotopic (exact) mass is 349 g/mol. The average Bonchev–Trinajstić information content (AvgIpc) is 2.87. The molecule has 104 valence electrons. The number of thioether (sulfide) groups is 1. The third-order valence-corrected chi connectivity index (χ3v) is 4.62. The lowest BCUT2D eigenvalue weighted by molar-refractivity contribution is 0.246. The van der Waals surface area contributed by atoms with Crippen molar-refractivity contribution in [1.29, 1.82) is 0 Å². The Bertz CT molecular complexity index is 600. The lowest BCUT2D eigenvalue weighted by Gasteiger charge is -2.13. The van der Waals surface area contributed by atoms with Crippen molar-refractivity contribution in [2.24, 2.45) is 0 Å². The molecule has 0 saturated heterocycles. The van der Waals surface area contributed by atoms with Crippen molar-refractivity contribution >= 4 is 33.4 Å². The molecule has 2 aromatic rings. The standard InChI is InChI=1S/C16H16BrNOS/c1-20-15-5-3-13(4-6-15)18-10-14-9-11-8-12(17)2-7-16(11)19-14/h2-8,14,18H,9-10H2,1H3. The molecule has 0 radical (unpaired) electrons. The molecular formula is C16H16BrNOS. The second-order valence-corrected chi connectivity index (χ2v) is 6.60. The maximum atomic E-state index is 5.94. The summed E-state index contributed by atoms with van der Waals surface area (Å²) in [4.78, 5) is 1.28. The van der Waals surface area contributed by atoms with Gasteiger partial charge in [-0.05, 0) is 54.3 Å². The maximum absolute atomic E-state index is 5.94. The molecule has 2 nitrogen and oxygen atoms in total. The van der Waals surface area contributed by atoms with Crippen LogP contribution in [0.1, 0.15) is 5.56 Å². The second-order valence-electron chi connectivity index (χ2n) is 4.81. The van der Waals surface area contributed by atoms with Crippen molar-refractivity contribution in [2.45, 2.75) is 17.4 Å². The van der Waals surface area contributed by atoms with Gasteiger partial charge in [-0.25, -0.2) is 0 Å². The van der Waals surface area contributed by atoms with Crippen LogP contribution >= 0.6 is 27.7 Å². The van der Waals surface area contributed by atoms with Crippen LogP contribution in [0.25, 0.3) is 0 Å². The topological polar surface area (TPSA) is 21.3 Å². The van der Waals surface area contributed by atoms with Gasteiger partial charge in [0.05, 0.1) is 6.54 Å².